The van der Waals surface area contributed by atoms with Gasteiger partial charge >= 0.3 is 0 Å². The highest BCUT2D eigenvalue weighted by atomic mass is 32.2. The van der Waals surface area contributed by atoms with Crippen LogP contribution in [-0.2, 0) is 17.6 Å². The molecular formula is C25H23N3OS2. The maximum Gasteiger partial charge on any atom is 0.242 e. The van der Waals surface area contributed by atoms with Crippen molar-refractivity contribution in [1.29, 1.82) is 0 Å². The van der Waals surface area contributed by atoms with E-state index in [1.54, 1.807) is 17.7 Å². The van der Waals surface area contributed by atoms with E-state index in [0.29, 0.717) is 0 Å². The lowest BCUT2D eigenvalue weighted by molar-refractivity contribution is -0.115. The van der Waals surface area contributed by atoms with Crippen molar-refractivity contribution in [3.63, 3.8) is 0 Å². The Morgan fingerprint density at radius 3 is 2.77 bits per heavy atom. The van der Waals surface area contributed by atoms with Crippen LogP contribution >= 0.6 is 23.1 Å². The minimum absolute atomic E-state index is 0.0384. The van der Waals surface area contributed by atoms with E-state index in [2.05, 4.69) is 21.4 Å². The van der Waals surface area contributed by atoms with Crippen LogP contribution < -0.4 is 5.32 Å². The van der Waals surface area contributed by atoms with Crippen molar-refractivity contribution < 1.29 is 4.79 Å². The third kappa shape index (κ3) is 3.98. The van der Waals surface area contributed by atoms with Crippen molar-refractivity contribution in [2.75, 3.05) is 5.32 Å². The van der Waals surface area contributed by atoms with Crippen LogP contribution in [0.1, 0.15) is 38.8 Å². The Labute approximate surface area is 190 Å². The van der Waals surface area contributed by atoms with Gasteiger partial charge in [0.2, 0.25) is 5.91 Å². The number of nitrogens with one attached hydrogen (secondary N) is 1. The molecule has 2 heterocycles. The number of anilines is 1. The zero-order chi connectivity index (χ0) is 21.4. The maximum absolute atomic E-state index is 13.5. The summed E-state index contributed by atoms with van der Waals surface area (Å²) in [4.78, 5) is 25.1. The number of nitrogens with zero attached hydrogens (tertiary/aromatic N) is 2. The molecule has 1 atom stereocenters. The first-order chi connectivity index (χ1) is 15.1. The lowest BCUT2D eigenvalue weighted by atomic mass is 10.1. The lowest BCUT2D eigenvalue weighted by Gasteiger charge is -2.18. The number of fused-ring (bicyclic) bond motifs is 3. The molecule has 0 bridgehead atoms. The topological polar surface area (TPSA) is 54.9 Å². The molecule has 0 saturated heterocycles. The number of hydrogen-bond donors (Lipinski definition) is 1. The molecule has 1 amide bonds. The number of thioether (sulfide) groups is 1. The summed E-state index contributed by atoms with van der Waals surface area (Å²) in [6.45, 7) is 4.05. The first-order valence-electron chi connectivity index (χ1n) is 10.4. The van der Waals surface area contributed by atoms with Gasteiger partial charge in [-0.2, -0.15) is 0 Å². The highest BCUT2D eigenvalue weighted by molar-refractivity contribution is 8.00. The van der Waals surface area contributed by atoms with Gasteiger partial charge in [0, 0.05) is 16.0 Å². The average molecular weight is 446 g/mol. The van der Waals surface area contributed by atoms with Gasteiger partial charge in [-0.15, -0.1) is 11.3 Å². The monoisotopic (exact) mass is 445 g/mol. The number of benzene rings is 2. The van der Waals surface area contributed by atoms with Crippen molar-refractivity contribution in [3.05, 3.63) is 82.0 Å². The number of hydrogen-bond acceptors (Lipinski definition) is 5. The summed E-state index contributed by atoms with van der Waals surface area (Å²) in [6, 6.07) is 16.1. The lowest BCUT2D eigenvalue weighted by Crippen LogP contribution is -2.20. The van der Waals surface area contributed by atoms with E-state index in [9.17, 15) is 4.79 Å². The Bertz CT molecular complexity index is 1270. The molecule has 1 N–H and O–H groups in total. The Morgan fingerprint density at radius 2 is 1.94 bits per heavy atom. The maximum atomic E-state index is 13.5. The fourth-order valence-electron chi connectivity index (χ4n) is 4.07. The van der Waals surface area contributed by atoms with Crippen molar-refractivity contribution in [1.82, 2.24) is 9.97 Å². The quantitative estimate of drug-likeness (QED) is 0.291. The summed E-state index contributed by atoms with van der Waals surface area (Å²) < 4.78 is 0. The van der Waals surface area contributed by atoms with Gasteiger partial charge in [-0.3, -0.25) is 4.79 Å². The highest BCUT2D eigenvalue weighted by Gasteiger charge is 2.27. The number of rotatable bonds is 5. The molecule has 5 rings (SSSR count). The molecule has 1 aliphatic rings. The minimum atomic E-state index is -0.406. The van der Waals surface area contributed by atoms with Gasteiger partial charge < -0.3 is 5.32 Å². The summed E-state index contributed by atoms with van der Waals surface area (Å²) >= 11 is 3.30. The largest absolute Gasteiger partial charge is 0.325 e. The van der Waals surface area contributed by atoms with Crippen LogP contribution in [0.25, 0.3) is 10.2 Å². The second kappa shape index (κ2) is 8.44. The zero-order valence-electron chi connectivity index (χ0n) is 17.5. The molecule has 0 unspecified atom stereocenters. The first-order valence-corrected chi connectivity index (χ1v) is 12.1. The molecule has 156 valence electrons. The highest BCUT2D eigenvalue weighted by Crippen LogP contribution is 2.44. The number of aryl methyl sites for hydroxylation is 4. The van der Waals surface area contributed by atoms with E-state index in [-0.39, 0.29) is 5.91 Å². The fourth-order valence-corrected chi connectivity index (χ4v) is 6.49. The van der Waals surface area contributed by atoms with Gasteiger partial charge in [-0.1, -0.05) is 54.2 Å². The number of aromatic nitrogens is 2. The van der Waals surface area contributed by atoms with Crippen LogP contribution in [0.4, 0.5) is 5.69 Å². The van der Waals surface area contributed by atoms with E-state index in [0.717, 1.165) is 50.5 Å². The molecule has 2 aromatic heterocycles. The molecule has 0 saturated carbocycles. The fraction of sp³-hybridized carbons (Fsp3) is 0.240. The smallest absolute Gasteiger partial charge is 0.242 e. The van der Waals surface area contributed by atoms with Gasteiger partial charge in [0.1, 0.15) is 21.4 Å². The Balaban J connectivity index is 1.53. The van der Waals surface area contributed by atoms with Gasteiger partial charge in [-0.25, -0.2) is 9.97 Å². The molecule has 31 heavy (non-hydrogen) atoms. The van der Waals surface area contributed by atoms with Crippen LogP contribution in [0.3, 0.4) is 0 Å². The third-order valence-electron chi connectivity index (χ3n) is 5.69. The molecule has 4 aromatic rings. The van der Waals surface area contributed by atoms with E-state index >= 15 is 0 Å². The average Bonchev–Trinajstić information content (AvgIpc) is 3.36. The predicted octanol–water partition coefficient (Wildman–Crippen LogP) is 6.27. The first kappa shape index (κ1) is 20.2. The zero-order valence-corrected chi connectivity index (χ0v) is 19.1. The van der Waals surface area contributed by atoms with Gasteiger partial charge in [0.05, 0.1) is 0 Å². The third-order valence-corrected chi connectivity index (χ3v) is 8.14. The van der Waals surface area contributed by atoms with E-state index in [1.165, 1.54) is 28.6 Å². The second-order valence-corrected chi connectivity index (χ2v) is 10.1. The van der Waals surface area contributed by atoms with Crippen LogP contribution in [-0.4, -0.2) is 15.9 Å². The van der Waals surface area contributed by atoms with Gasteiger partial charge in [0.25, 0.3) is 0 Å². The van der Waals surface area contributed by atoms with Crippen LogP contribution in [0.2, 0.25) is 0 Å². The summed E-state index contributed by atoms with van der Waals surface area (Å²) in [6.07, 6.45) is 5.00. The molecule has 6 heteroatoms. The summed E-state index contributed by atoms with van der Waals surface area (Å²) in [5.74, 6) is -0.0384. The minimum Gasteiger partial charge on any atom is -0.325 e. The molecule has 0 spiro atoms. The molecule has 0 fully saturated rings. The summed E-state index contributed by atoms with van der Waals surface area (Å²) in [7, 11) is 0. The van der Waals surface area contributed by atoms with E-state index in [1.807, 2.05) is 56.3 Å². The second-order valence-electron chi connectivity index (χ2n) is 7.93. The van der Waals surface area contributed by atoms with Gasteiger partial charge in [-0.05, 0) is 61.4 Å². The standard InChI is InChI=1S/C25H23N3OS2/c1-15-11-12-16(2)19(13-15)28-23(29)22(17-7-4-3-5-8-17)31-25-21-18-9-6-10-20(18)30-24(21)26-14-27-25/h3-5,7-8,11-14,22H,6,9-10H2,1-2H3,(H,28,29)/t22-/m1/s1. The molecule has 2 aromatic carbocycles. The Hall–Kier alpha value is -2.70. The molecule has 0 radical (unpaired) electrons. The van der Waals surface area contributed by atoms with Crippen molar-refractivity contribution in [3.8, 4) is 0 Å². The number of carbonyl (C=O) groups excluding carboxylic acids is 1. The van der Waals surface area contributed by atoms with Gasteiger partial charge in [0.15, 0.2) is 0 Å². The molecular weight excluding hydrogens is 422 g/mol. The van der Waals surface area contributed by atoms with Crippen molar-refractivity contribution >= 4 is 44.9 Å². The van der Waals surface area contributed by atoms with Crippen molar-refractivity contribution in [2.45, 2.75) is 43.4 Å². The predicted molar refractivity (Wildman–Crippen MR) is 129 cm³/mol. The number of carbonyl (C=O) groups is 1. The van der Waals surface area contributed by atoms with Crippen LogP contribution in [0.15, 0.2) is 59.9 Å². The molecule has 0 aliphatic heterocycles. The number of thiophene rings is 1. The normalized spacial score (nSPS) is 13.9. The summed E-state index contributed by atoms with van der Waals surface area (Å²) in [5, 5.41) is 4.80. The van der Waals surface area contributed by atoms with E-state index in [4.69, 9.17) is 0 Å². The van der Waals surface area contributed by atoms with Crippen LogP contribution in [0.5, 0.6) is 0 Å². The van der Waals surface area contributed by atoms with Crippen molar-refractivity contribution in [2.24, 2.45) is 0 Å². The number of amides is 1. The molecule has 1 aliphatic carbocycles. The van der Waals surface area contributed by atoms with E-state index < -0.39 is 5.25 Å². The molecule has 4 nitrogen and oxygen atoms in total. The Morgan fingerprint density at radius 1 is 1.10 bits per heavy atom. The SMILES string of the molecule is Cc1ccc(C)c(NC(=O)[C@H](Sc2ncnc3sc4c(c23)CCC4)c2ccccc2)c1. The Kier molecular flexibility index (Phi) is 5.50. The summed E-state index contributed by atoms with van der Waals surface area (Å²) in [5.41, 5.74) is 5.38. The van der Waals surface area contributed by atoms with Crippen LogP contribution in [0, 0.1) is 13.8 Å².